The van der Waals surface area contributed by atoms with E-state index in [2.05, 4.69) is 15.4 Å². The van der Waals surface area contributed by atoms with Gasteiger partial charge in [-0.2, -0.15) is 4.98 Å². The highest BCUT2D eigenvalue weighted by atomic mass is 16.3. The molecule has 0 radical (unpaired) electrons. The number of aliphatic hydroxyl groups is 1. The lowest BCUT2D eigenvalue weighted by molar-refractivity contribution is 0.213. The summed E-state index contributed by atoms with van der Waals surface area (Å²) < 4.78 is 1.74. The van der Waals surface area contributed by atoms with Crippen molar-refractivity contribution in [1.82, 2.24) is 14.6 Å². The molecule has 1 aliphatic rings. The monoisotopic (exact) mass is 232 g/mol. The first-order chi connectivity index (χ1) is 8.31. The minimum atomic E-state index is -0.217. The molecule has 3 rings (SSSR count). The Labute approximate surface area is 99.5 Å². The van der Waals surface area contributed by atoms with Gasteiger partial charge in [0.2, 0.25) is 5.95 Å². The summed E-state index contributed by atoms with van der Waals surface area (Å²) in [4.78, 5) is 4.40. The van der Waals surface area contributed by atoms with Crippen LogP contribution in [0.25, 0.3) is 5.65 Å². The Balaban J connectivity index is 1.89. The van der Waals surface area contributed by atoms with Gasteiger partial charge in [0.25, 0.3) is 0 Å². The summed E-state index contributed by atoms with van der Waals surface area (Å²) in [6.45, 7) is 0.141. The van der Waals surface area contributed by atoms with Gasteiger partial charge in [0.15, 0.2) is 5.65 Å². The van der Waals surface area contributed by atoms with Crippen LogP contribution in [0.15, 0.2) is 24.4 Å². The first-order valence-corrected chi connectivity index (χ1v) is 6.02. The number of pyridine rings is 1. The fourth-order valence-electron chi connectivity index (χ4n) is 2.50. The highest BCUT2D eigenvalue weighted by Gasteiger charge is 2.34. The topological polar surface area (TPSA) is 62.5 Å². The zero-order chi connectivity index (χ0) is 11.7. The van der Waals surface area contributed by atoms with Crippen LogP contribution in [0.1, 0.15) is 25.7 Å². The van der Waals surface area contributed by atoms with Crippen LogP contribution in [-0.4, -0.2) is 31.9 Å². The fraction of sp³-hybridized carbons (Fsp3) is 0.500. The SMILES string of the molecule is OCC1(Nc2nc3ccccn3n2)CCCC1. The molecule has 2 N–H and O–H groups in total. The largest absolute Gasteiger partial charge is 0.394 e. The van der Waals surface area contributed by atoms with E-state index < -0.39 is 0 Å². The standard InChI is InChI=1S/C12H16N4O/c17-9-12(6-2-3-7-12)14-11-13-10-5-1-4-8-16(10)15-11/h1,4-5,8,17H,2-3,6-7,9H2,(H,14,15). The molecule has 0 atom stereocenters. The molecule has 1 saturated carbocycles. The summed E-state index contributed by atoms with van der Waals surface area (Å²) in [7, 11) is 0. The Kier molecular flexibility index (Phi) is 2.48. The number of anilines is 1. The fourth-order valence-corrected chi connectivity index (χ4v) is 2.50. The zero-order valence-corrected chi connectivity index (χ0v) is 9.63. The van der Waals surface area contributed by atoms with Gasteiger partial charge in [-0.25, -0.2) is 4.52 Å². The number of fused-ring (bicyclic) bond motifs is 1. The van der Waals surface area contributed by atoms with E-state index in [-0.39, 0.29) is 12.1 Å². The summed E-state index contributed by atoms with van der Waals surface area (Å²) >= 11 is 0. The van der Waals surface area contributed by atoms with Crippen molar-refractivity contribution >= 4 is 11.6 Å². The molecule has 1 fully saturated rings. The third-order valence-corrected chi connectivity index (χ3v) is 3.48. The van der Waals surface area contributed by atoms with Gasteiger partial charge in [0.1, 0.15) is 0 Å². The minimum absolute atomic E-state index is 0.141. The lowest BCUT2D eigenvalue weighted by atomic mass is 9.99. The first kappa shape index (κ1) is 10.5. The maximum absolute atomic E-state index is 9.53. The molecule has 0 amide bonds. The Morgan fingerprint density at radius 1 is 1.35 bits per heavy atom. The molecule has 0 aliphatic heterocycles. The van der Waals surface area contributed by atoms with E-state index >= 15 is 0 Å². The van der Waals surface area contributed by atoms with Gasteiger partial charge >= 0.3 is 0 Å². The van der Waals surface area contributed by atoms with Crippen LogP contribution in [-0.2, 0) is 0 Å². The third kappa shape index (κ3) is 1.86. The summed E-state index contributed by atoms with van der Waals surface area (Å²) in [5, 5.41) is 17.2. The van der Waals surface area contributed by atoms with Crippen LogP contribution in [0.5, 0.6) is 0 Å². The van der Waals surface area contributed by atoms with Crippen molar-refractivity contribution < 1.29 is 5.11 Å². The number of hydrogen-bond acceptors (Lipinski definition) is 4. The van der Waals surface area contributed by atoms with Gasteiger partial charge < -0.3 is 10.4 Å². The van der Waals surface area contributed by atoms with Gasteiger partial charge in [-0.1, -0.05) is 18.9 Å². The minimum Gasteiger partial charge on any atom is -0.394 e. The van der Waals surface area contributed by atoms with Crippen molar-refractivity contribution in [2.24, 2.45) is 0 Å². The van der Waals surface area contributed by atoms with Crippen molar-refractivity contribution in [3.63, 3.8) is 0 Å². The summed E-state index contributed by atoms with van der Waals surface area (Å²) in [6, 6.07) is 5.77. The second-order valence-electron chi connectivity index (χ2n) is 4.71. The number of hydrogen-bond donors (Lipinski definition) is 2. The molecule has 90 valence electrons. The van der Waals surface area contributed by atoms with Gasteiger partial charge in [-0.15, -0.1) is 5.10 Å². The summed E-state index contributed by atoms with van der Waals surface area (Å²) in [6.07, 6.45) is 6.15. The van der Waals surface area contributed by atoms with Gasteiger partial charge in [0, 0.05) is 6.20 Å². The summed E-state index contributed by atoms with van der Waals surface area (Å²) in [5.74, 6) is 0.604. The lowest BCUT2D eigenvalue weighted by Gasteiger charge is -2.26. The molecule has 2 aromatic rings. The number of aromatic nitrogens is 3. The summed E-state index contributed by atoms with van der Waals surface area (Å²) in [5.41, 5.74) is 0.603. The lowest BCUT2D eigenvalue weighted by Crippen LogP contribution is -2.39. The molecule has 0 unspecified atom stereocenters. The molecule has 2 aromatic heterocycles. The van der Waals surface area contributed by atoms with Crippen LogP contribution in [0.2, 0.25) is 0 Å². The van der Waals surface area contributed by atoms with Gasteiger partial charge in [-0.3, -0.25) is 0 Å². The molecule has 1 aliphatic carbocycles. The predicted octanol–water partition coefficient (Wildman–Crippen LogP) is 1.45. The molecule has 0 aromatic carbocycles. The van der Waals surface area contributed by atoms with Gasteiger partial charge in [0.05, 0.1) is 12.1 Å². The highest BCUT2D eigenvalue weighted by molar-refractivity contribution is 5.44. The van der Waals surface area contributed by atoms with E-state index in [4.69, 9.17) is 0 Å². The molecule has 0 saturated heterocycles. The molecule has 0 bridgehead atoms. The van der Waals surface area contributed by atoms with Crippen LogP contribution in [0.4, 0.5) is 5.95 Å². The number of nitrogens with one attached hydrogen (secondary N) is 1. The normalized spacial score (nSPS) is 18.6. The predicted molar refractivity (Wildman–Crippen MR) is 64.9 cm³/mol. The van der Waals surface area contributed by atoms with E-state index in [0.29, 0.717) is 5.95 Å². The average Bonchev–Trinajstić information content (AvgIpc) is 2.95. The van der Waals surface area contributed by atoms with Crippen molar-refractivity contribution in [2.45, 2.75) is 31.2 Å². The number of rotatable bonds is 3. The maximum Gasteiger partial charge on any atom is 0.243 e. The van der Waals surface area contributed by atoms with Crippen LogP contribution < -0.4 is 5.32 Å². The number of aliphatic hydroxyl groups excluding tert-OH is 1. The third-order valence-electron chi connectivity index (χ3n) is 3.48. The van der Waals surface area contributed by atoms with Crippen molar-refractivity contribution in [1.29, 1.82) is 0 Å². The molecule has 2 heterocycles. The quantitative estimate of drug-likeness (QED) is 0.840. The Morgan fingerprint density at radius 3 is 2.88 bits per heavy atom. The molecular weight excluding hydrogens is 216 g/mol. The molecular formula is C12H16N4O. The Bertz CT molecular complexity index is 483. The Hall–Kier alpha value is -1.62. The maximum atomic E-state index is 9.53. The second kappa shape index (κ2) is 4.00. The first-order valence-electron chi connectivity index (χ1n) is 6.02. The molecule has 5 nitrogen and oxygen atoms in total. The van der Waals surface area contributed by atoms with E-state index in [0.717, 1.165) is 31.3 Å². The smallest absolute Gasteiger partial charge is 0.243 e. The van der Waals surface area contributed by atoms with Crippen LogP contribution >= 0.6 is 0 Å². The highest BCUT2D eigenvalue weighted by Crippen LogP contribution is 2.31. The Morgan fingerprint density at radius 2 is 2.18 bits per heavy atom. The van der Waals surface area contributed by atoms with Crippen molar-refractivity contribution in [3.8, 4) is 0 Å². The zero-order valence-electron chi connectivity index (χ0n) is 9.63. The van der Waals surface area contributed by atoms with Crippen molar-refractivity contribution in [3.05, 3.63) is 24.4 Å². The van der Waals surface area contributed by atoms with E-state index in [1.165, 1.54) is 0 Å². The van der Waals surface area contributed by atoms with E-state index in [9.17, 15) is 5.11 Å². The second-order valence-corrected chi connectivity index (χ2v) is 4.71. The van der Waals surface area contributed by atoms with E-state index in [1.54, 1.807) is 4.52 Å². The molecule has 5 heteroatoms. The molecule has 17 heavy (non-hydrogen) atoms. The average molecular weight is 232 g/mol. The van der Waals surface area contributed by atoms with Crippen molar-refractivity contribution in [2.75, 3.05) is 11.9 Å². The van der Waals surface area contributed by atoms with Crippen LogP contribution in [0.3, 0.4) is 0 Å². The van der Waals surface area contributed by atoms with E-state index in [1.807, 2.05) is 24.4 Å². The van der Waals surface area contributed by atoms with Crippen LogP contribution in [0, 0.1) is 0 Å². The number of nitrogens with zero attached hydrogens (tertiary/aromatic N) is 3. The van der Waals surface area contributed by atoms with Gasteiger partial charge in [-0.05, 0) is 25.0 Å². The molecule has 0 spiro atoms.